The minimum absolute atomic E-state index is 0.0969. The Morgan fingerprint density at radius 2 is 1.77 bits per heavy atom. The average molecular weight is 375 g/mol. The molecule has 2 aromatic carbocycles. The molecule has 0 fully saturated rings. The Morgan fingerprint density at radius 3 is 2.31 bits per heavy atom. The van der Waals surface area contributed by atoms with Crippen molar-refractivity contribution < 1.29 is 17.5 Å². The summed E-state index contributed by atoms with van der Waals surface area (Å²) in [4.78, 5) is 4.34. The third-order valence-corrected chi connectivity index (χ3v) is 5.40. The smallest absolute Gasteiger partial charge is 0.241 e. The van der Waals surface area contributed by atoms with Crippen molar-refractivity contribution in [1.29, 1.82) is 0 Å². The zero-order chi connectivity index (χ0) is 18.7. The maximum Gasteiger partial charge on any atom is 0.241 e. The molecule has 1 unspecified atom stereocenters. The molecule has 26 heavy (non-hydrogen) atoms. The van der Waals surface area contributed by atoms with Crippen LogP contribution in [0, 0.1) is 5.82 Å². The van der Waals surface area contributed by atoms with Crippen LogP contribution in [0.4, 0.5) is 4.39 Å². The van der Waals surface area contributed by atoms with E-state index in [0.29, 0.717) is 17.1 Å². The molecule has 0 aliphatic carbocycles. The molecule has 3 aromatic rings. The Morgan fingerprint density at radius 1 is 1.12 bits per heavy atom. The molecule has 1 atom stereocenters. The number of methoxy groups -OCH3 is 1. The summed E-state index contributed by atoms with van der Waals surface area (Å²) in [7, 11) is -0.566. The summed E-state index contributed by atoms with van der Waals surface area (Å²) < 4.78 is 48.3. The number of aromatic nitrogens is 2. The van der Waals surface area contributed by atoms with Gasteiger partial charge in [0.05, 0.1) is 12.0 Å². The number of ether oxygens (including phenoxy) is 1. The predicted octanol–water partition coefficient (Wildman–Crippen LogP) is 2.64. The Balaban J connectivity index is 1.99. The highest BCUT2D eigenvalue weighted by Gasteiger charge is 2.25. The van der Waals surface area contributed by atoms with Crippen LogP contribution in [0.2, 0.25) is 0 Å². The number of halogens is 1. The summed E-state index contributed by atoms with van der Waals surface area (Å²) in [6.45, 7) is 0. The number of nitrogens with zero attached hydrogens (tertiary/aromatic N) is 2. The number of nitrogens with one attached hydrogen (secondary N) is 1. The van der Waals surface area contributed by atoms with Crippen LogP contribution in [-0.4, -0.2) is 25.1 Å². The third-order valence-electron chi connectivity index (χ3n) is 3.96. The molecule has 0 aliphatic heterocycles. The fourth-order valence-electron chi connectivity index (χ4n) is 2.56. The number of rotatable bonds is 6. The van der Waals surface area contributed by atoms with Gasteiger partial charge in [-0.25, -0.2) is 17.8 Å². The molecule has 1 heterocycles. The summed E-state index contributed by atoms with van der Waals surface area (Å²) in [5, 5.41) is 0. The van der Waals surface area contributed by atoms with Crippen LogP contribution in [0.3, 0.4) is 0 Å². The van der Waals surface area contributed by atoms with Crippen LogP contribution in [-0.2, 0) is 17.1 Å². The highest BCUT2D eigenvalue weighted by Crippen LogP contribution is 2.24. The molecular weight excluding hydrogens is 357 g/mol. The van der Waals surface area contributed by atoms with Gasteiger partial charge in [0.2, 0.25) is 10.0 Å². The lowest BCUT2D eigenvalue weighted by molar-refractivity contribution is 0.414. The van der Waals surface area contributed by atoms with Crippen LogP contribution in [0.25, 0.3) is 0 Å². The van der Waals surface area contributed by atoms with Gasteiger partial charge in [-0.2, -0.15) is 4.72 Å². The summed E-state index contributed by atoms with van der Waals surface area (Å²) in [5.74, 6) is 0.655. The average Bonchev–Trinajstić information content (AvgIpc) is 3.06. The number of imidazole rings is 1. The molecule has 136 valence electrons. The van der Waals surface area contributed by atoms with Crippen molar-refractivity contribution in [2.45, 2.75) is 10.9 Å². The highest BCUT2D eigenvalue weighted by molar-refractivity contribution is 7.89. The number of hydrogen-bond donors (Lipinski definition) is 1. The van der Waals surface area contributed by atoms with Gasteiger partial charge in [-0.05, 0) is 42.0 Å². The first-order valence-electron chi connectivity index (χ1n) is 7.80. The highest BCUT2D eigenvalue weighted by atomic mass is 32.2. The largest absolute Gasteiger partial charge is 0.497 e. The van der Waals surface area contributed by atoms with E-state index in [4.69, 9.17) is 4.74 Å². The fraction of sp³-hybridized carbons (Fsp3) is 0.167. The lowest BCUT2D eigenvalue weighted by atomic mass is 10.1. The lowest BCUT2D eigenvalue weighted by Crippen LogP contribution is -2.31. The Hall–Kier alpha value is -2.71. The minimum Gasteiger partial charge on any atom is -0.497 e. The first kappa shape index (κ1) is 18.1. The summed E-state index contributed by atoms with van der Waals surface area (Å²) >= 11 is 0. The van der Waals surface area contributed by atoms with E-state index in [0.717, 1.165) is 0 Å². The first-order valence-corrected chi connectivity index (χ1v) is 9.28. The van der Waals surface area contributed by atoms with Crippen molar-refractivity contribution in [1.82, 2.24) is 14.3 Å². The van der Waals surface area contributed by atoms with E-state index in [-0.39, 0.29) is 4.90 Å². The summed E-state index contributed by atoms with van der Waals surface area (Å²) in [6.07, 6.45) is 3.29. The fourth-order valence-corrected chi connectivity index (χ4v) is 3.74. The topological polar surface area (TPSA) is 73.2 Å². The van der Waals surface area contributed by atoms with Gasteiger partial charge in [0.25, 0.3) is 0 Å². The molecule has 1 aromatic heterocycles. The van der Waals surface area contributed by atoms with E-state index in [1.54, 1.807) is 36.1 Å². The van der Waals surface area contributed by atoms with Crippen LogP contribution in [0.5, 0.6) is 5.75 Å². The number of sulfonamides is 1. The van der Waals surface area contributed by atoms with Crippen LogP contribution >= 0.6 is 0 Å². The summed E-state index contributed by atoms with van der Waals surface area (Å²) in [5.41, 5.74) is 0.581. The van der Waals surface area contributed by atoms with Gasteiger partial charge in [-0.15, -0.1) is 0 Å². The number of aryl methyl sites for hydroxylation is 1. The van der Waals surface area contributed by atoms with E-state index in [1.807, 2.05) is 0 Å². The molecule has 0 bridgehead atoms. The van der Waals surface area contributed by atoms with Gasteiger partial charge < -0.3 is 9.30 Å². The molecule has 0 aliphatic rings. The van der Waals surface area contributed by atoms with E-state index in [2.05, 4.69) is 9.71 Å². The number of hydrogen-bond acceptors (Lipinski definition) is 4. The van der Waals surface area contributed by atoms with E-state index < -0.39 is 21.9 Å². The molecule has 0 saturated carbocycles. The van der Waals surface area contributed by atoms with Gasteiger partial charge in [0.15, 0.2) is 0 Å². The van der Waals surface area contributed by atoms with Crippen molar-refractivity contribution in [3.05, 3.63) is 78.1 Å². The maximum atomic E-state index is 13.3. The summed E-state index contributed by atoms with van der Waals surface area (Å²) in [6, 6.07) is 10.9. The van der Waals surface area contributed by atoms with Crippen molar-refractivity contribution in [3.63, 3.8) is 0 Å². The molecule has 0 spiro atoms. The monoisotopic (exact) mass is 375 g/mol. The normalized spacial score (nSPS) is 12.7. The molecular formula is C18H18FN3O3S. The quantitative estimate of drug-likeness (QED) is 0.719. The molecule has 6 nitrogen and oxygen atoms in total. The molecule has 3 rings (SSSR count). The second-order valence-corrected chi connectivity index (χ2v) is 7.39. The van der Waals surface area contributed by atoms with E-state index in [1.165, 1.54) is 43.5 Å². The van der Waals surface area contributed by atoms with Crippen molar-refractivity contribution >= 4 is 10.0 Å². The van der Waals surface area contributed by atoms with Crippen molar-refractivity contribution in [2.24, 2.45) is 7.05 Å². The zero-order valence-electron chi connectivity index (χ0n) is 14.3. The molecule has 0 amide bonds. The van der Waals surface area contributed by atoms with Crippen LogP contribution < -0.4 is 9.46 Å². The molecule has 0 radical (unpaired) electrons. The standard InChI is InChI=1S/C18H18FN3O3S/c1-22-12-11-20-18(22)17(13-3-5-14(19)6-4-13)21-26(23,24)16-9-7-15(25-2)8-10-16/h3-12,17,21H,1-2H3. The van der Waals surface area contributed by atoms with Gasteiger partial charge in [0, 0.05) is 19.4 Å². The Bertz CT molecular complexity index is 983. The molecule has 8 heteroatoms. The van der Waals surface area contributed by atoms with Crippen molar-refractivity contribution in [3.8, 4) is 5.75 Å². The lowest BCUT2D eigenvalue weighted by Gasteiger charge is -2.19. The van der Waals surface area contributed by atoms with Gasteiger partial charge in [-0.3, -0.25) is 0 Å². The first-order chi connectivity index (χ1) is 12.4. The minimum atomic E-state index is -3.84. The second-order valence-electron chi connectivity index (χ2n) is 5.68. The third kappa shape index (κ3) is 3.76. The van der Waals surface area contributed by atoms with E-state index in [9.17, 15) is 12.8 Å². The van der Waals surface area contributed by atoms with E-state index >= 15 is 0 Å². The second kappa shape index (κ2) is 7.27. The molecule has 1 N–H and O–H groups in total. The number of benzene rings is 2. The van der Waals surface area contributed by atoms with Gasteiger partial charge in [-0.1, -0.05) is 12.1 Å². The molecule has 0 saturated heterocycles. The maximum absolute atomic E-state index is 13.3. The predicted molar refractivity (Wildman–Crippen MR) is 94.8 cm³/mol. The van der Waals surface area contributed by atoms with Gasteiger partial charge in [0.1, 0.15) is 23.4 Å². The zero-order valence-corrected chi connectivity index (χ0v) is 15.1. The Labute approximate surface area is 151 Å². The van der Waals surface area contributed by atoms with Gasteiger partial charge >= 0.3 is 0 Å². The van der Waals surface area contributed by atoms with Crippen LogP contribution in [0.1, 0.15) is 17.4 Å². The van der Waals surface area contributed by atoms with Crippen LogP contribution in [0.15, 0.2) is 65.8 Å². The Kier molecular flexibility index (Phi) is 5.06. The van der Waals surface area contributed by atoms with Crippen molar-refractivity contribution in [2.75, 3.05) is 7.11 Å². The SMILES string of the molecule is COc1ccc(S(=O)(=O)NC(c2ccc(F)cc2)c2nccn2C)cc1.